The van der Waals surface area contributed by atoms with Gasteiger partial charge in [0.1, 0.15) is 5.82 Å². The van der Waals surface area contributed by atoms with Crippen LogP contribution in [0.3, 0.4) is 0 Å². The summed E-state index contributed by atoms with van der Waals surface area (Å²) in [6, 6.07) is 4.15. The van der Waals surface area contributed by atoms with E-state index in [1.54, 1.807) is 6.20 Å². The highest BCUT2D eigenvalue weighted by Gasteiger charge is 2.31. The van der Waals surface area contributed by atoms with Crippen LogP contribution in [-0.4, -0.2) is 34.9 Å². The number of aromatic nitrogens is 1. The molecule has 1 aliphatic heterocycles. The molecule has 4 heteroatoms. The lowest BCUT2D eigenvalue weighted by Crippen LogP contribution is -2.38. The van der Waals surface area contributed by atoms with E-state index in [9.17, 15) is 4.79 Å². The summed E-state index contributed by atoms with van der Waals surface area (Å²) < 4.78 is 0. The van der Waals surface area contributed by atoms with Crippen LogP contribution in [0, 0.1) is 5.92 Å². The molecule has 1 fully saturated rings. The van der Waals surface area contributed by atoms with Crippen molar-refractivity contribution in [2.24, 2.45) is 5.92 Å². The number of hydrogen-bond acceptors (Lipinski definition) is 3. The molecule has 110 valence electrons. The molecule has 1 aliphatic rings. The number of likely N-dealkylation sites (tertiary alicyclic amines) is 1. The number of carbonyl (C=O) groups is 1. The molecule has 1 saturated heterocycles. The van der Waals surface area contributed by atoms with Gasteiger partial charge in [-0.05, 0) is 37.3 Å². The molecule has 4 nitrogen and oxygen atoms in total. The van der Waals surface area contributed by atoms with Crippen LogP contribution in [0.15, 0.2) is 18.3 Å². The van der Waals surface area contributed by atoms with E-state index < -0.39 is 0 Å². The van der Waals surface area contributed by atoms with E-state index in [0.29, 0.717) is 17.5 Å². The second kappa shape index (κ2) is 6.73. The van der Waals surface area contributed by atoms with E-state index in [4.69, 9.17) is 0 Å². The Labute approximate surface area is 121 Å². The zero-order chi connectivity index (χ0) is 14.5. The predicted molar refractivity (Wildman–Crippen MR) is 81.9 cm³/mol. The lowest BCUT2D eigenvalue weighted by atomic mass is 10.0. The van der Waals surface area contributed by atoms with Crippen molar-refractivity contribution in [3.63, 3.8) is 0 Å². The lowest BCUT2D eigenvalue weighted by Gasteiger charge is -2.27. The molecule has 1 aromatic rings. The smallest absolute Gasteiger partial charge is 0.255 e. The normalized spacial score (nSPS) is 18.6. The largest absolute Gasteiger partial charge is 0.370 e. The number of carbonyl (C=O) groups excluding carboxylic acids is 1. The van der Waals surface area contributed by atoms with Crippen LogP contribution in [0.25, 0.3) is 0 Å². The molecule has 1 N–H and O–H groups in total. The van der Waals surface area contributed by atoms with Crippen molar-refractivity contribution in [2.75, 3.05) is 18.4 Å². The van der Waals surface area contributed by atoms with Gasteiger partial charge in [-0.25, -0.2) is 4.98 Å². The zero-order valence-electron chi connectivity index (χ0n) is 12.7. The van der Waals surface area contributed by atoms with Crippen LogP contribution in [-0.2, 0) is 0 Å². The minimum Gasteiger partial charge on any atom is -0.370 e. The lowest BCUT2D eigenvalue weighted by molar-refractivity contribution is 0.0701. The summed E-state index contributed by atoms with van der Waals surface area (Å²) in [7, 11) is 0. The number of rotatable bonds is 5. The van der Waals surface area contributed by atoms with Crippen LogP contribution >= 0.6 is 0 Å². The van der Waals surface area contributed by atoms with Gasteiger partial charge in [-0.1, -0.05) is 20.8 Å². The topological polar surface area (TPSA) is 45.2 Å². The van der Waals surface area contributed by atoms with E-state index in [0.717, 1.165) is 38.2 Å². The van der Waals surface area contributed by atoms with Crippen molar-refractivity contribution in [1.82, 2.24) is 9.88 Å². The molecule has 2 heterocycles. The van der Waals surface area contributed by atoms with Gasteiger partial charge in [-0.2, -0.15) is 0 Å². The molecule has 0 spiro atoms. The SMILES string of the molecule is CCCNc1ccc(C(=O)N2CCCC2C(C)C)cn1. The molecule has 0 aliphatic carbocycles. The first kappa shape index (κ1) is 14.8. The fraction of sp³-hybridized carbons (Fsp3) is 0.625. The van der Waals surface area contributed by atoms with Gasteiger partial charge in [0.15, 0.2) is 0 Å². The highest BCUT2D eigenvalue weighted by Crippen LogP contribution is 2.25. The maximum Gasteiger partial charge on any atom is 0.255 e. The fourth-order valence-electron chi connectivity index (χ4n) is 2.78. The number of nitrogens with zero attached hydrogens (tertiary/aromatic N) is 2. The third-order valence-electron chi connectivity index (χ3n) is 3.90. The van der Waals surface area contributed by atoms with E-state index in [2.05, 4.69) is 31.1 Å². The van der Waals surface area contributed by atoms with Gasteiger partial charge >= 0.3 is 0 Å². The Morgan fingerprint density at radius 1 is 1.50 bits per heavy atom. The minimum absolute atomic E-state index is 0.121. The first-order valence-corrected chi connectivity index (χ1v) is 7.64. The average Bonchev–Trinajstić information content (AvgIpc) is 2.94. The minimum atomic E-state index is 0.121. The summed E-state index contributed by atoms with van der Waals surface area (Å²) in [5.74, 6) is 1.47. The summed E-state index contributed by atoms with van der Waals surface area (Å²) in [6.45, 7) is 8.27. The van der Waals surface area contributed by atoms with Gasteiger partial charge in [0.2, 0.25) is 0 Å². The monoisotopic (exact) mass is 275 g/mol. The third-order valence-corrected chi connectivity index (χ3v) is 3.90. The number of pyridine rings is 1. The Balaban J connectivity index is 2.05. The summed E-state index contributed by atoms with van der Waals surface area (Å²) in [6.07, 6.45) is 4.98. The number of amides is 1. The molecular weight excluding hydrogens is 250 g/mol. The number of nitrogens with one attached hydrogen (secondary N) is 1. The van der Waals surface area contributed by atoms with E-state index in [1.807, 2.05) is 17.0 Å². The molecule has 0 saturated carbocycles. The van der Waals surface area contributed by atoms with Crippen LogP contribution in [0.1, 0.15) is 50.4 Å². The van der Waals surface area contributed by atoms with Gasteiger partial charge in [-0.15, -0.1) is 0 Å². The Kier molecular flexibility index (Phi) is 4.99. The first-order valence-electron chi connectivity index (χ1n) is 7.64. The van der Waals surface area contributed by atoms with Crippen LogP contribution in [0.5, 0.6) is 0 Å². The van der Waals surface area contributed by atoms with Crippen molar-refractivity contribution < 1.29 is 4.79 Å². The molecule has 1 aromatic heterocycles. The Morgan fingerprint density at radius 3 is 2.90 bits per heavy atom. The van der Waals surface area contributed by atoms with Crippen LogP contribution < -0.4 is 5.32 Å². The zero-order valence-corrected chi connectivity index (χ0v) is 12.7. The van der Waals surface area contributed by atoms with E-state index in [1.165, 1.54) is 0 Å². The summed E-state index contributed by atoms with van der Waals surface area (Å²) in [4.78, 5) is 18.9. The average molecular weight is 275 g/mol. The van der Waals surface area contributed by atoms with Crippen LogP contribution in [0.4, 0.5) is 5.82 Å². The molecular formula is C16H25N3O. The third kappa shape index (κ3) is 3.30. The van der Waals surface area contributed by atoms with E-state index >= 15 is 0 Å². The molecule has 0 aromatic carbocycles. The van der Waals surface area contributed by atoms with Gasteiger partial charge < -0.3 is 10.2 Å². The molecule has 1 unspecified atom stereocenters. The molecule has 2 rings (SSSR count). The Morgan fingerprint density at radius 2 is 2.30 bits per heavy atom. The van der Waals surface area contributed by atoms with Crippen LogP contribution in [0.2, 0.25) is 0 Å². The Bertz CT molecular complexity index is 442. The van der Waals surface area contributed by atoms with Crippen molar-refractivity contribution in [1.29, 1.82) is 0 Å². The first-order chi connectivity index (χ1) is 9.63. The quantitative estimate of drug-likeness (QED) is 0.897. The molecule has 0 bridgehead atoms. The van der Waals surface area contributed by atoms with E-state index in [-0.39, 0.29) is 5.91 Å². The number of anilines is 1. The second-order valence-corrected chi connectivity index (χ2v) is 5.81. The summed E-state index contributed by atoms with van der Waals surface area (Å²) >= 11 is 0. The highest BCUT2D eigenvalue weighted by atomic mass is 16.2. The maximum absolute atomic E-state index is 12.6. The highest BCUT2D eigenvalue weighted by molar-refractivity contribution is 5.94. The Hall–Kier alpha value is -1.58. The van der Waals surface area contributed by atoms with Gasteiger partial charge in [0.25, 0.3) is 5.91 Å². The van der Waals surface area contributed by atoms with Crippen molar-refractivity contribution in [3.05, 3.63) is 23.9 Å². The van der Waals surface area contributed by atoms with Gasteiger partial charge in [0.05, 0.1) is 5.56 Å². The van der Waals surface area contributed by atoms with Gasteiger partial charge in [-0.3, -0.25) is 4.79 Å². The molecule has 1 atom stereocenters. The van der Waals surface area contributed by atoms with Crippen molar-refractivity contribution in [2.45, 2.75) is 46.1 Å². The second-order valence-electron chi connectivity index (χ2n) is 5.81. The maximum atomic E-state index is 12.6. The summed E-state index contributed by atoms with van der Waals surface area (Å²) in [5.41, 5.74) is 0.694. The number of hydrogen-bond donors (Lipinski definition) is 1. The molecule has 0 radical (unpaired) electrons. The molecule has 20 heavy (non-hydrogen) atoms. The van der Waals surface area contributed by atoms with Crippen molar-refractivity contribution in [3.8, 4) is 0 Å². The van der Waals surface area contributed by atoms with Crippen molar-refractivity contribution >= 4 is 11.7 Å². The summed E-state index contributed by atoms with van der Waals surface area (Å²) in [5, 5.41) is 3.22. The fourth-order valence-corrected chi connectivity index (χ4v) is 2.78. The molecule has 1 amide bonds. The van der Waals surface area contributed by atoms with Gasteiger partial charge in [0, 0.05) is 25.3 Å². The predicted octanol–water partition coefficient (Wildman–Crippen LogP) is 3.16. The standard InChI is InChI=1S/C16H25N3O/c1-4-9-17-15-8-7-13(11-18-15)16(20)19-10-5-6-14(19)12(2)3/h7-8,11-12,14H,4-6,9-10H2,1-3H3,(H,17,18).